The summed E-state index contributed by atoms with van der Waals surface area (Å²) in [7, 11) is 0. The fourth-order valence-corrected chi connectivity index (χ4v) is 4.82. The lowest BCUT2D eigenvalue weighted by atomic mass is 9.79. The molecule has 0 spiro atoms. The lowest BCUT2D eigenvalue weighted by Gasteiger charge is -2.39. The molecule has 0 atom stereocenters. The highest BCUT2D eigenvalue weighted by molar-refractivity contribution is 5.63. The number of hydrogen-bond donors (Lipinski definition) is 2. The highest BCUT2D eigenvalue weighted by Gasteiger charge is 2.19. The van der Waals surface area contributed by atoms with Crippen molar-refractivity contribution in [2.24, 2.45) is 0 Å². The van der Waals surface area contributed by atoms with Crippen LogP contribution in [0, 0.1) is 12.3 Å². The van der Waals surface area contributed by atoms with Gasteiger partial charge in [-0.3, -0.25) is 4.90 Å². The third-order valence-corrected chi connectivity index (χ3v) is 6.71. The van der Waals surface area contributed by atoms with Crippen LogP contribution in [0.25, 0.3) is 0 Å². The second-order valence-electron chi connectivity index (χ2n) is 9.26. The minimum Gasteiger partial charge on any atom is -0.515 e. The van der Waals surface area contributed by atoms with Crippen LogP contribution in [0.1, 0.15) is 37.8 Å². The van der Waals surface area contributed by atoms with Crippen LogP contribution in [0.15, 0.2) is 84.0 Å². The molecule has 1 aliphatic carbocycles. The second kappa shape index (κ2) is 11.4. The maximum atomic E-state index is 10.2. The van der Waals surface area contributed by atoms with E-state index in [0.29, 0.717) is 12.5 Å². The summed E-state index contributed by atoms with van der Waals surface area (Å²) in [6.07, 6.45) is 11.8. The predicted octanol–water partition coefficient (Wildman–Crippen LogP) is 5.29. The van der Waals surface area contributed by atoms with Crippen LogP contribution in [0.3, 0.4) is 0 Å². The van der Waals surface area contributed by atoms with Crippen molar-refractivity contribution < 1.29 is 10.2 Å². The summed E-state index contributed by atoms with van der Waals surface area (Å²) >= 11 is 0. The summed E-state index contributed by atoms with van der Waals surface area (Å²) in [6, 6.07) is 16.9. The number of aliphatic hydroxyl groups excluding tert-OH is 1. The number of aliphatic hydroxyl groups is 1. The summed E-state index contributed by atoms with van der Waals surface area (Å²) in [5, 5.41) is 19.8. The average molecular weight is 457 g/mol. The van der Waals surface area contributed by atoms with Gasteiger partial charge in [-0.25, -0.2) is 0 Å². The van der Waals surface area contributed by atoms with E-state index in [1.165, 1.54) is 11.3 Å². The van der Waals surface area contributed by atoms with Gasteiger partial charge in [-0.05, 0) is 26.3 Å². The SMILES string of the molecule is CC(C)N1CCN(c2ccc([C-](/C(CCCO)=C3\C=CC=C[CH-]3)c3cccc(O)c3)cc2)CC1. The van der Waals surface area contributed by atoms with Crippen molar-refractivity contribution in [2.45, 2.75) is 32.7 Å². The summed E-state index contributed by atoms with van der Waals surface area (Å²) in [6.45, 7) is 8.93. The van der Waals surface area contributed by atoms with Crippen molar-refractivity contribution in [3.05, 3.63) is 107 Å². The zero-order valence-corrected chi connectivity index (χ0v) is 20.3. The van der Waals surface area contributed by atoms with Gasteiger partial charge < -0.3 is 15.1 Å². The number of benzene rings is 2. The van der Waals surface area contributed by atoms with Gasteiger partial charge in [-0.15, -0.1) is 41.3 Å². The molecule has 1 fully saturated rings. The lowest BCUT2D eigenvalue weighted by Crippen LogP contribution is -2.48. The molecule has 0 aromatic heterocycles. The first kappa shape index (κ1) is 24.1. The summed E-state index contributed by atoms with van der Waals surface area (Å²) in [4.78, 5) is 4.99. The molecule has 1 saturated heterocycles. The molecule has 4 heteroatoms. The number of aromatic hydroxyl groups is 1. The molecule has 0 unspecified atom stereocenters. The number of phenolic OH excluding ortho intramolecular Hbond substituents is 1. The summed E-state index contributed by atoms with van der Waals surface area (Å²) in [5.74, 6) is 1.36. The van der Waals surface area contributed by atoms with Gasteiger partial charge in [0.25, 0.3) is 0 Å². The van der Waals surface area contributed by atoms with E-state index in [1.807, 2.05) is 30.4 Å². The topological polar surface area (TPSA) is 46.9 Å². The lowest BCUT2D eigenvalue weighted by molar-refractivity contribution is 0.209. The van der Waals surface area contributed by atoms with Crippen molar-refractivity contribution >= 4 is 5.69 Å². The fraction of sp³-hybridized carbons (Fsp3) is 0.333. The van der Waals surface area contributed by atoms with E-state index in [2.05, 4.69) is 66.5 Å². The number of phenols is 1. The zero-order chi connectivity index (χ0) is 23.9. The van der Waals surface area contributed by atoms with Crippen LogP contribution in [-0.4, -0.2) is 53.9 Å². The Kier molecular flexibility index (Phi) is 8.04. The molecule has 2 aromatic carbocycles. The first-order valence-corrected chi connectivity index (χ1v) is 12.3. The van der Waals surface area contributed by atoms with Crippen LogP contribution in [0.4, 0.5) is 5.69 Å². The smallest absolute Gasteiger partial charge is 0.0879 e. The van der Waals surface area contributed by atoms with Gasteiger partial charge in [0.15, 0.2) is 0 Å². The summed E-state index contributed by atoms with van der Waals surface area (Å²) in [5.41, 5.74) is 5.67. The molecule has 1 aliphatic heterocycles. The Balaban J connectivity index is 1.67. The Morgan fingerprint density at radius 2 is 1.76 bits per heavy atom. The molecule has 2 N–H and O–H groups in total. The molecule has 180 valence electrons. The zero-order valence-electron chi connectivity index (χ0n) is 20.3. The third-order valence-electron chi connectivity index (χ3n) is 6.71. The van der Waals surface area contributed by atoms with Gasteiger partial charge in [-0.2, -0.15) is 35.8 Å². The Bertz CT molecular complexity index is 1030. The molecular weight excluding hydrogens is 420 g/mol. The van der Waals surface area contributed by atoms with Gasteiger partial charge in [0.05, 0.1) is 5.75 Å². The molecule has 0 radical (unpaired) electrons. The Hall–Kier alpha value is -3.08. The van der Waals surface area contributed by atoms with E-state index < -0.39 is 0 Å². The van der Waals surface area contributed by atoms with Crippen LogP contribution in [0.2, 0.25) is 0 Å². The van der Waals surface area contributed by atoms with E-state index in [-0.39, 0.29) is 12.4 Å². The summed E-state index contributed by atoms with van der Waals surface area (Å²) < 4.78 is 0. The molecule has 0 amide bonds. The van der Waals surface area contributed by atoms with Crippen molar-refractivity contribution in [1.29, 1.82) is 0 Å². The molecule has 4 nitrogen and oxygen atoms in total. The van der Waals surface area contributed by atoms with E-state index in [1.54, 1.807) is 6.07 Å². The molecule has 0 bridgehead atoms. The number of rotatable bonds is 8. The number of anilines is 1. The van der Waals surface area contributed by atoms with Gasteiger partial charge in [-0.1, -0.05) is 30.7 Å². The predicted molar refractivity (Wildman–Crippen MR) is 141 cm³/mol. The average Bonchev–Trinajstić information content (AvgIpc) is 2.87. The highest BCUT2D eigenvalue weighted by atomic mass is 16.3. The van der Waals surface area contributed by atoms with E-state index in [9.17, 15) is 10.2 Å². The minimum atomic E-state index is 0.144. The second-order valence-corrected chi connectivity index (χ2v) is 9.26. The molecule has 2 aromatic rings. The maximum Gasteiger partial charge on any atom is 0.0879 e. The molecule has 2 aliphatic rings. The Morgan fingerprint density at radius 1 is 1.00 bits per heavy atom. The van der Waals surface area contributed by atoms with Gasteiger partial charge in [0.2, 0.25) is 0 Å². The number of nitrogens with zero attached hydrogens (tertiary/aromatic N) is 2. The molecule has 34 heavy (non-hydrogen) atoms. The minimum absolute atomic E-state index is 0.144. The standard InChI is InChI=1S/C30H36N2O2/c1-23(2)31-17-19-32(20-18-31)27-15-13-25(14-16-27)30(26-10-6-11-28(34)22-26)29(12-7-21-33)24-8-4-3-5-9-24/h3-6,8-11,13-16,22-23,33-34H,7,12,17-21H2,1-2H3/q-2. The van der Waals surface area contributed by atoms with Gasteiger partial charge >= 0.3 is 0 Å². The highest BCUT2D eigenvalue weighted by Crippen LogP contribution is 2.38. The Morgan fingerprint density at radius 3 is 2.38 bits per heavy atom. The molecule has 1 heterocycles. The normalized spacial score (nSPS) is 17.7. The largest absolute Gasteiger partial charge is 0.515 e. The third kappa shape index (κ3) is 5.69. The number of hydrogen-bond acceptors (Lipinski definition) is 4. The van der Waals surface area contributed by atoms with Crippen molar-refractivity contribution in [1.82, 2.24) is 4.90 Å². The van der Waals surface area contributed by atoms with Crippen LogP contribution < -0.4 is 4.90 Å². The van der Waals surface area contributed by atoms with Crippen LogP contribution >= 0.6 is 0 Å². The van der Waals surface area contributed by atoms with Crippen LogP contribution in [0.5, 0.6) is 5.75 Å². The first-order valence-electron chi connectivity index (χ1n) is 12.3. The van der Waals surface area contributed by atoms with Gasteiger partial charge in [0, 0.05) is 44.5 Å². The molecule has 0 saturated carbocycles. The van der Waals surface area contributed by atoms with E-state index >= 15 is 0 Å². The van der Waals surface area contributed by atoms with E-state index in [4.69, 9.17) is 0 Å². The van der Waals surface area contributed by atoms with Gasteiger partial charge in [0.1, 0.15) is 0 Å². The quantitative estimate of drug-likeness (QED) is 0.530. The van der Waals surface area contributed by atoms with Crippen molar-refractivity contribution in [3.8, 4) is 5.75 Å². The molecule has 4 rings (SSSR count). The number of allylic oxidation sites excluding steroid dienone is 6. The van der Waals surface area contributed by atoms with Crippen LogP contribution in [-0.2, 0) is 0 Å². The van der Waals surface area contributed by atoms with Crippen molar-refractivity contribution in [2.75, 3.05) is 37.7 Å². The molecular formula is C30H36N2O2-2. The van der Waals surface area contributed by atoms with Crippen molar-refractivity contribution in [3.63, 3.8) is 0 Å². The monoisotopic (exact) mass is 456 g/mol. The Labute approximate surface area is 204 Å². The fourth-order valence-electron chi connectivity index (χ4n) is 4.82. The number of piperazine rings is 1. The maximum absolute atomic E-state index is 10.2. The first-order chi connectivity index (χ1) is 16.6. The van der Waals surface area contributed by atoms with E-state index in [0.717, 1.165) is 55.2 Å².